The van der Waals surface area contributed by atoms with Gasteiger partial charge in [-0.1, -0.05) is 23.7 Å². The molecule has 23 heavy (non-hydrogen) atoms. The molecule has 0 spiro atoms. The van der Waals surface area contributed by atoms with Gasteiger partial charge in [-0.3, -0.25) is 4.79 Å². The maximum Gasteiger partial charge on any atom is 0.224 e. The van der Waals surface area contributed by atoms with Crippen molar-refractivity contribution in [1.29, 1.82) is 0 Å². The van der Waals surface area contributed by atoms with Crippen molar-refractivity contribution in [2.75, 3.05) is 18.8 Å². The van der Waals surface area contributed by atoms with Gasteiger partial charge in [-0.15, -0.1) is 0 Å². The van der Waals surface area contributed by atoms with Crippen LogP contribution in [0.25, 0.3) is 0 Å². The molecule has 0 bridgehead atoms. The number of halogens is 1. The van der Waals surface area contributed by atoms with Crippen LogP contribution in [0.1, 0.15) is 38.3 Å². The van der Waals surface area contributed by atoms with Crippen LogP contribution in [-0.4, -0.2) is 37.5 Å². The lowest BCUT2D eigenvalue weighted by Crippen LogP contribution is -2.46. The molecule has 128 valence electrons. The van der Waals surface area contributed by atoms with Crippen molar-refractivity contribution in [3.8, 4) is 0 Å². The lowest BCUT2D eigenvalue weighted by Gasteiger charge is -2.31. The van der Waals surface area contributed by atoms with E-state index in [0.29, 0.717) is 18.0 Å². The summed E-state index contributed by atoms with van der Waals surface area (Å²) >= 11 is 5.87. The first-order valence-electron chi connectivity index (χ1n) is 7.87. The van der Waals surface area contributed by atoms with Gasteiger partial charge >= 0.3 is 0 Å². The van der Waals surface area contributed by atoms with Crippen molar-refractivity contribution >= 4 is 27.5 Å². The van der Waals surface area contributed by atoms with Crippen LogP contribution in [0.3, 0.4) is 0 Å². The standard InChI is InChI=1S/C16H23ClN2O3S/c1-3-23(21,22)19-10-4-5-14(11-19)16(20)18-12(2)13-6-8-15(17)9-7-13/h6-9,12,14H,3-5,10-11H2,1-2H3,(H,18,20)/t12-,14-/m0/s1. The molecule has 1 aliphatic heterocycles. The molecule has 2 rings (SSSR count). The molecule has 1 N–H and O–H groups in total. The molecular weight excluding hydrogens is 336 g/mol. The van der Waals surface area contributed by atoms with E-state index in [1.54, 1.807) is 19.1 Å². The van der Waals surface area contributed by atoms with Gasteiger partial charge < -0.3 is 5.32 Å². The zero-order chi connectivity index (χ0) is 17.0. The Morgan fingerprint density at radius 1 is 1.39 bits per heavy atom. The Balaban J connectivity index is 1.98. The SMILES string of the molecule is CCS(=O)(=O)N1CCC[C@H](C(=O)N[C@@H](C)c2ccc(Cl)cc2)C1. The number of amides is 1. The van der Waals surface area contributed by atoms with Crippen molar-refractivity contribution in [3.63, 3.8) is 0 Å². The van der Waals surface area contributed by atoms with Gasteiger partial charge in [-0.05, 0) is 44.4 Å². The molecule has 0 radical (unpaired) electrons. The van der Waals surface area contributed by atoms with Crippen molar-refractivity contribution in [1.82, 2.24) is 9.62 Å². The Morgan fingerprint density at radius 3 is 2.65 bits per heavy atom. The summed E-state index contributed by atoms with van der Waals surface area (Å²) in [7, 11) is -3.23. The average Bonchev–Trinajstić information content (AvgIpc) is 2.55. The van der Waals surface area contributed by atoms with Gasteiger partial charge in [-0.2, -0.15) is 0 Å². The van der Waals surface area contributed by atoms with E-state index < -0.39 is 10.0 Å². The van der Waals surface area contributed by atoms with E-state index in [1.165, 1.54) is 4.31 Å². The molecule has 0 aromatic heterocycles. The summed E-state index contributed by atoms with van der Waals surface area (Å²) in [5.41, 5.74) is 0.969. The van der Waals surface area contributed by atoms with Crippen LogP contribution in [0.5, 0.6) is 0 Å². The molecule has 7 heteroatoms. The summed E-state index contributed by atoms with van der Waals surface area (Å²) in [6.07, 6.45) is 1.43. The lowest BCUT2D eigenvalue weighted by molar-refractivity contribution is -0.126. The smallest absolute Gasteiger partial charge is 0.224 e. The first-order chi connectivity index (χ1) is 10.8. The van der Waals surface area contributed by atoms with Gasteiger partial charge in [-0.25, -0.2) is 12.7 Å². The van der Waals surface area contributed by atoms with Crippen molar-refractivity contribution in [2.24, 2.45) is 5.92 Å². The van der Waals surface area contributed by atoms with Gasteiger partial charge in [0.25, 0.3) is 0 Å². The highest BCUT2D eigenvalue weighted by atomic mass is 35.5. The third-order valence-electron chi connectivity index (χ3n) is 4.24. The second-order valence-corrected chi connectivity index (χ2v) is 8.57. The van der Waals surface area contributed by atoms with E-state index >= 15 is 0 Å². The van der Waals surface area contributed by atoms with Gasteiger partial charge in [0.05, 0.1) is 17.7 Å². The molecule has 1 saturated heterocycles. The monoisotopic (exact) mass is 358 g/mol. The second-order valence-electron chi connectivity index (χ2n) is 5.88. The van der Waals surface area contributed by atoms with E-state index in [2.05, 4.69) is 5.32 Å². The fourth-order valence-corrected chi connectivity index (χ4v) is 4.06. The van der Waals surface area contributed by atoms with Crippen LogP contribution in [0.15, 0.2) is 24.3 Å². The van der Waals surface area contributed by atoms with Crippen molar-refractivity contribution in [2.45, 2.75) is 32.7 Å². The number of benzene rings is 1. The molecule has 1 amide bonds. The largest absolute Gasteiger partial charge is 0.349 e. The molecule has 5 nitrogen and oxygen atoms in total. The molecule has 0 saturated carbocycles. The zero-order valence-electron chi connectivity index (χ0n) is 13.5. The summed E-state index contributed by atoms with van der Waals surface area (Å²) in [5, 5.41) is 3.62. The quantitative estimate of drug-likeness (QED) is 0.879. The number of hydrogen-bond donors (Lipinski definition) is 1. The fraction of sp³-hybridized carbons (Fsp3) is 0.562. The van der Waals surface area contributed by atoms with Gasteiger partial charge in [0.1, 0.15) is 0 Å². The van der Waals surface area contributed by atoms with Crippen LogP contribution < -0.4 is 5.32 Å². The number of carbonyl (C=O) groups is 1. The second kappa shape index (κ2) is 7.64. The minimum absolute atomic E-state index is 0.0719. The number of rotatable bonds is 5. The number of carbonyl (C=O) groups excluding carboxylic acids is 1. The maximum atomic E-state index is 12.5. The zero-order valence-corrected chi connectivity index (χ0v) is 15.0. The minimum Gasteiger partial charge on any atom is -0.349 e. The Morgan fingerprint density at radius 2 is 2.04 bits per heavy atom. The lowest BCUT2D eigenvalue weighted by atomic mass is 9.98. The Kier molecular flexibility index (Phi) is 6.06. The number of nitrogens with one attached hydrogen (secondary N) is 1. The van der Waals surface area contributed by atoms with E-state index in [-0.39, 0.29) is 30.2 Å². The van der Waals surface area contributed by atoms with Gasteiger partial charge in [0.15, 0.2) is 0 Å². The third kappa shape index (κ3) is 4.68. The number of hydrogen-bond acceptors (Lipinski definition) is 3. The minimum atomic E-state index is -3.23. The first kappa shape index (κ1) is 18.2. The maximum absolute atomic E-state index is 12.5. The van der Waals surface area contributed by atoms with Crippen LogP contribution in [-0.2, 0) is 14.8 Å². The highest BCUT2D eigenvalue weighted by molar-refractivity contribution is 7.89. The summed E-state index contributed by atoms with van der Waals surface area (Å²) < 4.78 is 25.4. The van der Waals surface area contributed by atoms with E-state index in [0.717, 1.165) is 12.0 Å². The summed E-state index contributed by atoms with van der Waals surface area (Å²) in [6, 6.07) is 7.19. The van der Waals surface area contributed by atoms with Crippen LogP contribution in [0.4, 0.5) is 0 Å². The molecule has 1 aliphatic rings. The third-order valence-corrected chi connectivity index (χ3v) is 6.34. The van der Waals surface area contributed by atoms with E-state index in [1.807, 2.05) is 19.1 Å². The predicted molar refractivity (Wildman–Crippen MR) is 91.8 cm³/mol. The highest BCUT2D eigenvalue weighted by Gasteiger charge is 2.31. The molecule has 0 aliphatic carbocycles. The van der Waals surface area contributed by atoms with Gasteiger partial charge in [0.2, 0.25) is 15.9 Å². The Labute approximate surface area is 143 Å². The first-order valence-corrected chi connectivity index (χ1v) is 9.86. The fourth-order valence-electron chi connectivity index (χ4n) is 2.76. The van der Waals surface area contributed by atoms with Crippen LogP contribution in [0, 0.1) is 5.92 Å². The van der Waals surface area contributed by atoms with E-state index in [4.69, 9.17) is 11.6 Å². The molecule has 0 unspecified atom stereocenters. The Hall–Kier alpha value is -1.11. The summed E-state index contributed by atoms with van der Waals surface area (Å²) in [6.45, 7) is 4.31. The summed E-state index contributed by atoms with van der Waals surface area (Å²) in [4.78, 5) is 12.5. The average molecular weight is 359 g/mol. The normalized spacial score (nSPS) is 20.9. The van der Waals surface area contributed by atoms with Crippen molar-refractivity contribution < 1.29 is 13.2 Å². The molecule has 2 atom stereocenters. The predicted octanol–water partition coefficient (Wildman–Crippen LogP) is 2.58. The topological polar surface area (TPSA) is 66.5 Å². The Bertz CT molecular complexity index is 646. The number of piperidine rings is 1. The number of sulfonamides is 1. The van der Waals surface area contributed by atoms with Crippen LogP contribution in [0.2, 0.25) is 5.02 Å². The molecule has 1 aromatic carbocycles. The summed E-state index contributed by atoms with van der Waals surface area (Å²) in [5.74, 6) is -0.314. The van der Waals surface area contributed by atoms with Crippen molar-refractivity contribution in [3.05, 3.63) is 34.9 Å². The molecule has 1 aromatic rings. The highest BCUT2D eigenvalue weighted by Crippen LogP contribution is 2.22. The number of nitrogens with zero attached hydrogens (tertiary/aromatic N) is 1. The van der Waals surface area contributed by atoms with Gasteiger partial charge in [0, 0.05) is 18.1 Å². The van der Waals surface area contributed by atoms with E-state index in [9.17, 15) is 13.2 Å². The molecular formula is C16H23ClN2O3S. The van der Waals surface area contributed by atoms with Crippen LogP contribution >= 0.6 is 11.6 Å². The molecule has 1 fully saturated rings. The molecule has 1 heterocycles.